The fourth-order valence-electron chi connectivity index (χ4n) is 6.59. The van der Waals surface area contributed by atoms with Crippen molar-refractivity contribution in [1.82, 2.24) is 14.7 Å². The molecule has 0 aromatic heterocycles. The maximum Gasteiger partial charge on any atom is 0.325 e. The molecule has 0 aliphatic rings. The van der Waals surface area contributed by atoms with E-state index in [1.807, 2.05) is 14.2 Å². The molecule has 0 fully saturated rings. The zero-order valence-corrected chi connectivity index (χ0v) is 37.6. The van der Waals surface area contributed by atoms with Gasteiger partial charge in [0.05, 0.1) is 0 Å². The van der Waals surface area contributed by atoms with Crippen LogP contribution in [0.4, 0.5) is 0 Å². The van der Waals surface area contributed by atoms with Crippen LogP contribution in [0.1, 0.15) is 138 Å². The third-order valence-electron chi connectivity index (χ3n) is 10.0. The van der Waals surface area contributed by atoms with Gasteiger partial charge in [0.25, 0.3) is 0 Å². The summed E-state index contributed by atoms with van der Waals surface area (Å²) in [6.07, 6.45) is 18.5. The lowest BCUT2D eigenvalue weighted by Gasteiger charge is -2.41. The van der Waals surface area contributed by atoms with Gasteiger partial charge in [-0.2, -0.15) is 0 Å². The zero-order chi connectivity index (χ0) is 36.2. The lowest BCUT2D eigenvalue weighted by atomic mass is 10.2. The second kappa shape index (κ2) is 29.9. The van der Waals surface area contributed by atoms with E-state index in [9.17, 15) is 0 Å². The fraction of sp³-hybridized carbons (Fsp3) is 1.00. The highest BCUT2D eigenvalue weighted by molar-refractivity contribution is 6.85. The quantitative estimate of drug-likeness (QED) is 0.0594. The summed E-state index contributed by atoms with van der Waals surface area (Å²) in [7, 11) is -3.72. The Bertz CT molecular complexity index is 663. The Morgan fingerprint density at radius 3 is 0.750 bits per heavy atom. The molecule has 2 unspecified atom stereocenters. The highest BCUT2D eigenvalue weighted by Crippen LogP contribution is 2.31. The Morgan fingerprint density at radius 2 is 0.542 bits per heavy atom. The molecule has 0 aliphatic carbocycles. The van der Waals surface area contributed by atoms with Crippen LogP contribution < -0.4 is 0 Å². The van der Waals surface area contributed by atoms with Crippen molar-refractivity contribution in [3.63, 3.8) is 0 Å². The molecule has 290 valence electrons. The molecular weight excluding hydrogens is 647 g/mol. The standard InChI is InChI=1S/C38H87N3O4Si3/c1-12-18-27-39(28-19-13-2)33-24-36-46(9,42-7)44-48(11,38-26-35-41(31-22-16-5)32-23-17-6)45-47(10,43-8)37-25-34-40(29-20-14-3)30-21-15-4/h12-38H2,1-11H3. The van der Waals surface area contributed by atoms with E-state index in [-0.39, 0.29) is 0 Å². The van der Waals surface area contributed by atoms with E-state index in [4.69, 9.17) is 17.1 Å². The van der Waals surface area contributed by atoms with Crippen LogP contribution in [-0.2, 0) is 17.1 Å². The van der Waals surface area contributed by atoms with Crippen molar-refractivity contribution in [3.8, 4) is 0 Å². The van der Waals surface area contributed by atoms with Gasteiger partial charge in [0.2, 0.25) is 0 Å². The number of nitrogens with zero attached hydrogens (tertiary/aromatic N) is 3. The van der Waals surface area contributed by atoms with Crippen LogP contribution in [0.2, 0.25) is 37.8 Å². The molecule has 0 rings (SSSR count). The van der Waals surface area contributed by atoms with E-state index in [0.29, 0.717) is 0 Å². The summed E-state index contributed by atoms with van der Waals surface area (Å²) in [5.41, 5.74) is 0. The summed E-state index contributed by atoms with van der Waals surface area (Å²) in [6, 6.07) is 3.02. The minimum absolute atomic E-state index is 0.998. The first-order valence-electron chi connectivity index (χ1n) is 20.7. The average molecular weight is 734 g/mol. The topological polar surface area (TPSA) is 46.6 Å². The van der Waals surface area contributed by atoms with Crippen LogP contribution in [0, 0.1) is 0 Å². The van der Waals surface area contributed by atoms with Crippen molar-refractivity contribution in [2.24, 2.45) is 0 Å². The van der Waals surface area contributed by atoms with Crippen LogP contribution in [0.15, 0.2) is 0 Å². The molecule has 0 aromatic carbocycles. The van der Waals surface area contributed by atoms with Gasteiger partial charge in [0, 0.05) is 14.2 Å². The molecule has 0 radical (unpaired) electrons. The zero-order valence-electron chi connectivity index (χ0n) is 34.6. The molecule has 0 bridgehead atoms. The van der Waals surface area contributed by atoms with Gasteiger partial charge >= 0.3 is 25.7 Å². The maximum atomic E-state index is 7.33. The normalized spacial score (nSPS) is 16.1. The van der Waals surface area contributed by atoms with E-state index in [1.165, 1.54) is 116 Å². The average Bonchev–Trinajstić information content (AvgIpc) is 3.07. The lowest BCUT2D eigenvalue weighted by molar-refractivity contribution is 0.221. The summed E-state index contributed by atoms with van der Waals surface area (Å²) in [5.74, 6) is 0. The minimum Gasteiger partial charge on any atom is -0.415 e. The maximum absolute atomic E-state index is 7.33. The highest BCUT2D eigenvalue weighted by atomic mass is 28.5. The van der Waals surface area contributed by atoms with Gasteiger partial charge < -0.3 is 31.8 Å². The summed E-state index contributed by atoms with van der Waals surface area (Å²) >= 11 is 0. The monoisotopic (exact) mass is 734 g/mol. The Hall–Kier alpha value is 0.371. The van der Waals surface area contributed by atoms with Gasteiger partial charge in [-0.1, -0.05) is 80.1 Å². The molecule has 0 saturated heterocycles. The smallest absolute Gasteiger partial charge is 0.325 e. The predicted molar refractivity (Wildman–Crippen MR) is 218 cm³/mol. The van der Waals surface area contributed by atoms with E-state index in [1.54, 1.807) is 0 Å². The van der Waals surface area contributed by atoms with E-state index in [2.05, 4.69) is 75.9 Å². The van der Waals surface area contributed by atoms with Crippen LogP contribution in [-0.4, -0.2) is 114 Å². The van der Waals surface area contributed by atoms with Gasteiger partial charge in [-0.25, -0.2) is 0 Å². The van der Waals surface area contributed by atoms with Gasteiger partial charge in [0.1, 0.15) is 0 Å². The van der Waals surface area contributed by atoms with Gasteiger partial charge in [-0.3, -0.25) is 0 Å². The van der Waals surface area contributed by atoms with Gasteiger partial charge in [-0.15, -0.1) is 0 Å². The second-order valence-electron chi connectivity index (χ2n) is 15.0. The van der Waals surface area contributed by atoms with Crippen LogP contribution in [0.5, 0.6) is 0 Å². The number of hydrogen-bond acceptors (Lipinski definition) is 7. The molecule has 0 N–H and O–H groups in total. The third-order valence-corrected chi connectivity index (χ3v) is 22.4. The molecule has 0 spiro atoms. The Kier molecular flexibility index (Phi) is 30.1. The molecule has 7 nitrogen and oxygen atoms in total. The molecule has 0 heterocycles. The van der Waals surface area contributed by atoms with Crippen molar-refractivity contribution in [2.75, 3.05) is 73.1 Å². The van der Waals surface area contributed by atoms with Gasteiger partial charge in [0.15, 0.2) is 0 Å². The van der Waals surface area contributed by atoms with Gasteiger partial charge in [-0.05, 0) is 154 Å². The predicted octanol–water partition coefficient (Wildman–Crippen LogP) is 10.4. The molecular formula is C38H87N3O4Si3. The van der Waals surface area contributed by atoms with Crippen molar-refractivity contribution < 1.29 is 17.1 Å². The summed E-state index contributed by atoms with van der Waals surface area (Å²) in [5, 5.41) is 0. The molecule has 0 saturated carbocycles. The Balaban J connectivity index is 5.85. The molecule has 10 heteroatoms. The second-order valence-corrected chi connectivity index (χ2v) is 25.7. The Morgan fingerprint density at radius 1 is 0.333 bits per heavy atom. The highest BCUT2D eigenvalue weighted by Gasteiger charge is 2.47. The lowest BCUT2D eigenvalue weighted by Crippen LogP contribution is -2.57. The molecule has 0 amide bonds. The third kappa shape index (κ3) is 23.8. The summed E-state index contributed by atoms with van der Waals surface area (Å²) < 4.78 is 27.4. The van der Waals surface area contributed by atoms with E-state index < -0.39 is 25.7 Å². The van der Waals surface area contributed by atoms with Crippen LogP contribution in [0.3, 0.4) is 0 Å². The van der Waals surface area contributed by atoms with Crippen LogP contribution in [0.25, 0.3) is 0 Å². The van der Waals surface area contributed by atoms with Crippen LogP contribution >= 0.6 is 0 Å². The van der Waals surface area contributed by atoms with Crippen molar-refractivity contribution >= 4 is 25.7 Å². The number of unbranched alkanes of at least 4 members (excludes halogenated alkanes) is 6. The Labute approximate surface area is 305 Å². The minimum atomic E-state index is -2.61. The molecule has 0 aliphatic heterocycles. The van der Waals surface area contributed by atoms with E-state index in [0.717, 1.165) is 57.0 Å². The number of hydrogen-bond donors (Lipinski definition) is 0. The SMILES string of the molecule is CCCCN(CCCC)CCC[Si](C)(OC)O[Si](C)(CCCN(CCCC)CCCC)O[Si](C)(CCCN(CCCC)CCCC)OC. The number of rotatable bonds is 36. The van der Waals surface area contributed by atoms with Crippen molar-refractivity contribution in [3.05, 3.63) is 0 Å². The first-order valence-corrected chi connectivity index (χ1v) is 28.3. The first kappa shape index (κ1) is 48.4. The molecule has 0 aromatic rings. The molecule has 2 atom stereocenters. The summed E-state index contributed by atoms with van der Waals surface area (Å²) in [6.45, 7) is 31.3. The fourth-order valence-corrected chi connectivity index (χ4v) is 19.6. The molecule has 48 heavy (non-hydrogen) atoms. The first-order chi connectivity index (χ1) is 23.0. The van der Waals surface area contributed by atoms with Crippen molar-refractivity contribution in [1.29, 1.82) is 0 Å². The summed E-state index contributed by atoms with van der Waals surface area (Å²) in [4.78, 5) is 8.03. The van der Waals surface area contributed by atoms with Crippen molar-refractivity contribution in [2.45, 2.75) is 176 Å². The largest absolute Gasteiger partial charge is 0.415 e. The van der Waals surface area contributed by atoms with E-state index >= 15 is 0 Å².